The summed E-state index contributed by atoms with van der Waals surface area (Å²) in [6.07, 6.45) is 1.72. The number of aryl methyl sites for hydroxylation is 2. The largest absolute Gasteiger partial charge is 0.395 e. The van der Waals surface area contributed by atoms with Gasteiger partial charge in [-0.1, -0.05) is 6.07 Å². The Kier molecular flexibility index (Phi) is 3.69. The number of hydrogen-bond donors (Lipinski definition) is 3. The van der Waals surface area contributed by atoms with Crippen LogP contribution in [0.1, 0.15) is 20.9 Å². The summed E-state index contributed by atoms with van der Waals surface area (Å²) in [6.45, 7) is 3.96. The molecule has 130 valence electrons. The third kappa shape index (κ3) is 2.51. The Morgan fingerprint density at radius 2 is 1.96 bits per heavy atom. The van der Waals surface area contributed by atoms with Crippen molar-refractivity contribution in [1.82, 2.24) is 20.2 Å². The Hall–Kier alpha value is -3.26. The molecule has 0 unspecified atom stereocenters. The molecule has 26 heavy (non-hydrogen) atoms. The summed E-state index contributed by atoms with van der Waals surface area (Å²) in [4.78, 5) is 22.9. The van der Waals surface area contributed by atoms with Crippen molar-refractivity contribution < 1.29 is 4.79 Å². The minimum atomic E-state index is -0.683. The van der Waals surface area contributed by atoms with E-state index < -0.39 is 5.91 Å². The highest BCUT2D eigenvalue weighted by molar-refractivity contribution is 7.15. The summed E-state index contributed by atoms with van der Waals surface area (Å²) in [7, 11) is 0. The molecule has 0 aliphatic rings. The summed E-state index contributed by atoms with van der Waals surface area (Å²) in [5.41, 5.74) is 15.1. The van der Waals surface area contributed by atoms with E-state index in [1.165, 1.54) is 0 Å². The number of H-pyrrole nitrogens is 1. The minimum Gasteiger partial charge on any atom is -0.395 e. The summed E-state index contributed by atoms with van der Waals surface area (Å²) in [5, 5.41) is 7.91. The van der Waals surface area contributed by atoms with Gasteiger partial charge < -0.3 is 11.5 Å². The van der Waals surface area contributed by atoms with Gasteiger partial charge in [-0.05, 0) is 37.6 Å². The first-order valence-electron chi connectivity index (χ1n) is 7.93. The molecule has 8 heteroatoms. The molecular formula is C18H16N6OS. The second-order valence-corrected chi connectivity index (χ2v) is 7.31. The number of thiophene rings is 1. The number of aromatic amines is 1. The Morgan fingerprint density at radius 3 is 2.65 bits per heavy atom. The normalized spacial score (nSPS) is 11.2. The average molecular weight is 364 g/mol. The molecule has 1 aromatic carbocycles. The number of nitrogen functional groups attached to an aromatic ring is 1. The van der Waals surface area contributed by atoms with Crippen LogP contribution in [0, 0.1) is 13.8 Å². The Bertz CT molecular complexity index is 1160. The van der Waals surface area contributed by atoms with Crippen molar-refractivity contribution in [2.75, 3.05) is 5.73 Å². The van der Waals surface area contributed by atoms with Gasteiger partial charge >= 0.3 is 0 Å². The second-order valence-electron chi connectivity index (χ2n) is 6.02. The number of rotatable bonds is 3. The van der Waals surface area contributed by atoms with Gasteiger partial charge in [-0.25, -0.2) is 9.97 Å². The number of nitrogens with zero attached hydrogens (tertiary/aromatic N) is 3. The van der Waals surface area contributed by atoms with Crippen LogP contribution >= 0.6 is 11.3 Å². The lowest BCUT2D eigenvalue weighted by molar-refractivity contribution is 0.0996. The van der Waals surface area contributed by atoms with Gasteiger partial charge in [0.2, 0.25) is 0 Å². The van der Waals surface area contributed by atoms with Crippen molar-refractivity contribution in [1.29, 1.82) is 0 Å². The number of nitrogens with one attached hydrogen (secondary N) is 1. The first kappa shape index (κ1) is 16.2. The van der Waals surface area contributed by atoms with Crippen molar-refractivity contribution in [2.45, 2.75) is 13.8 Å². The maximum Gasteiger partial charge on any atom is 0.269 e. The smallest absolute Gasteiger partial charge is 0.269 e. The summed E-state index contributed by atoms with van der Waals surface area (Å²) < 4.78 is 0. The summed E-state index contributed by atoms with van der Waals surface area (Å²) in [6, 6.07) is 7.80. The quantitative estimate of drug-likeness (QED) is 0.515. The van der Waals surface area contributed by atoms with Crippen LogP contribution in [0.2, 0.25) is 0 Å². The van der Waals surface area contributed by atoms with Crippen LogP contribution in [0.15, 0.2) is 30.5 Å². The minimum absolute atomic E-state index is 0.0240. The van der Waals surface area contributed by atoms with Crippen molar-refractivity contribution in [3.63, 3.8) is 0 Å². The zero-order valence-electron chi connectivity index (χ0n) is 14.2. The standard InChI is InChI=1S/C18H16N6OS/c1-8-3-5-11-10(7-21-24-11)13(8)15-14(19)16(17(20)25)23-18(22-15)12-6-4-9(2)26-12/h3-7H,19H2,1-2H3,(H2,20,25)(H,21,24). The molecule has 0 spiro atoms. The highest BCUT2D eigenvalue weighted by Crippen LogP contribution is 2.36. The molecule has 7 nitrogen and oxygen atoms in total. The van der Waals surface area contributed by atoms with Crippen LogP contribution < -0.4 is 11.5 Å². The maximum absolute atomic E-state index is 11.9. The number of nitrogens with two attached hydrogens (primary N) is 2. The fourth-order valence-corrected chi connectivity index (χ4v) is 3.76. The molecule has 0 fully saturated rings. The van der Waals surface area contributed by atoms with E-state index in [2.05, 4.69) is 20.2 Å². The van der Waals surface area contributed by atoms with E-state index in [0.717, 1.165) is 31.8 Å². The first-order chi connectivity index (χ1) is 12.5. The Labute approximate surface area is 153 Å². The number of aromatic nitrogens is 4. The molecule has 3 aromatic heterocycles. The summed E-state index contributed by atoms with van der Waals surface area (Å²) >= 11 is 1.54. The van der Waals surface area contributed by atoms with E-state index in [4.69, 9.17) is 11.5 Å². The number of carbonyl (C=O) groups excluding carboxylic acids is 1. The van der Waals surface area contributed by atoms with Gasteiger partial charge in [0.25, 0.3) is 5.91 Å². The van der Waals surface area contributed by atoms with Crippen molar-refractivity contribution in [2.24, 2.45) is 5.73 Å². The molecule has 3 heterocycles. The molecule has 4 rings (SSSR count). The van der Waals surface area contributed by atoms with Crippen LogP contribution in [-0.4, -0.2) is 26.1 Å². The molecule has 0 radical (unpaired) electrons. The SMILES string of the molecule is Cc1ccc(-c2nc(C(N)=O)c(N)c(-c3c(C)ccc4[nH]ncc34)n2)s1. The van der Waals surface area contributed by atoms with E-state index in [0.29, 0.717) is 11.5 Å². The number of benzene rings is 1. The Balaban J connectivity index is 2.07. The van der Waals surface area contributed by atoms with E-state index in [9.17, 15) is 4.79 Å². The highest BCUT2D eigenvalue weighted by Gasteiger charge is 2.21. The Morgan fingerprint density at radius 1 is 1.15 bits per heavy atom. The fourth-order valence-electron chi connectivity index (χ4n) is 2.95. The number of carbonyl (C=O) groups is 1. The molecular weight excluding hydrogens is 348 g/mol. The number of primary amides is 1. The zero-order valence-corrected chi connectivity index (χ0v) is 15.0. The van der Waals surface area contributed by atoms with E-state index in [-0.39, 0.29) is 11.4 Å². The average Bonchev–Trinajstić information content (AvgIpc) is 3.24. The van der Waals surface area contributed by atoms with E-state index in [1.54, 1.807) is 17.5 Å². The number of anilines is 1. The van der Waals surface area contributed by atoms with Crippen LogP contribution in [-0.2, 0) is 0 Å². The van der Waals surface area contributed by atoms with Gasteiger partial charge in [-0.15, -0.1) is 11.3 Å². The highest BCUT2D eigenvalue weighted by atomic mass is 32.1. The lowest BCUT2D eigenvalue weighted by Crippen LogP contribution is -2.17. The molecule has 0 bridgehead atoms. The second kappa shape index (κ2) is 5.92. The number of hydrogen-bond acceptors (Lipinski definition) is 6. The summed E-state index contributed by atoms with van der Waals surface area (Å²) in [5.74, 6) is -0.251. The predicted molar refractivity (Wildman–Crippen MR) is 103 cm³/mol. The van der Waals surface area contributed by atoms with Gasteiger partial charge in [-0.2, -0.15) is 5.10 Å². The molecule has 0 aliphatic heterocycles. The molecule has 0 saturated heterocycles. The van der Waals surface area contributed by atoms with Crippen LogP contribution in [0.4, 0.5) is 5.69 Å². The predicted octanol–water partition coefficient (Wildman–Crippen LogP) is 3.05. The third-order valence-electron chi connectivity index (χ3n) is 4.21. The third-order valence-corrected chi connectivity index (χ3v) is 5.21. The van der Waals surface area contributed by atoms with Gasteiger partial charge in [0, 0.05) is 15.8 Å². The first-order valence-corrected chi connectivity index (χ1v) is 8.74. The monoisotopic (exact) mass is 364 g/mol. The lowest BCUT2D eigenvalue weighted by Gasteiger charge is -2.13. The molecule has 4 aromatic rings. The van der Waals surface area contributed by atoms with E-state index in [1.807, 2.05) is 38.1 Å². The van der Waals surface area contributed by atoms with Crippen molar-refractivity contribution >= 4 is 33.8 Å². The van der Waals surface area contributed by atoms with Crippen LogP contribution in [0.25, 0.3) is 32.9 Å². The number of amides is 1. The van der Waals surface area contributed by atoms with Crippen molar-refractivity contribution in [3.05, 3.63) is 46.6 Å². The van der Waals surface area contributed by atoms with Gasteiger partial charge in [-0.3, -0.25) is 9.89 Å². The topological polar surface area (TPSA) is 124 Å². The zero-order chi connectivity index (χ0) is 18.4. The molecule has 0 aliphatic carbocycles. The van der Waals surface area contributed by atoms with Gasteiger partial charge in [0.15, 0.2) is 11.5 Å². The van der Waals surface area contributed by atoms with Crippen LogP contribution in [0.5, 0.6) is 0 Å². The molecule has 0 atom stereocenters. The fraction of sp³-hybridized carbons (Fsp3) is 0.111. The molecule has 0 saturated carbocycles. The van der Waals surface area contributed by atoms with Crippen LogP contribution in [0.3, 0.4) is 0 Å². The maximum atomic E-state index is 11.9. The van der Waals surface area contributed by atoms with Crippen molar-refractivity contribution in [3.8, 4) is 22.0 Å². The van der Waals surface area contributed by atoms with Gasteiger partial charge in [0.1, 0.15) is 0 Å². The molecule has 5 N–H and O–H groups in total. The van der Waals surface area contributed by atoms with E-state index >= 15 is 0 Å². The number of fused-ring (bicyclic) bond motifs is 1. The lowest BCUT2D eigenvalue weighted by atomic mass is 9.99. The molecule has 1 amide bonds. The van der Waals surface area contributed by atoms with Gasteiger partial charge in [0.05, 0.1) is 28.0 Å².